The highest BCUT2D eigenvalue weighted by Gasteiger charge is 2.19. The molecule has 3 nitrogen and oxygen atoms in total. The second-order valence-electron chi connectivity index (χ2n) is 4.61. The Bertz CT molecular complexity index is 333. The average molecular weight is 234 g/mol. The van der Waals surface area contributed by atoms with Crippen molar-refractivity contribution >= 4 is 0 Å². The molecule has 1 aliphatic rings. The van der Waals surface area contributed by atoms with Crippen molar-refractivity contribution in [2.75, 3.05) is 6.54 Å². The lowest BCUT2D eigenvalue weighted by Gasteiger charge is -2.26. The van der Waals surface area contributed by atoms with E-state index in [1.54, 1.807) is 0 Å². The van der Waals surface area contributed by atoms with Gasteiger partial charge in [-0.25, -0.2) is 0 Å². The summed E-state index contributed by atoms with van der Waals surface area (Å²) >= 11 is 0. The Morgan fingerprint density at radius 3 is 2.71 bits per heavy atom. The maximum absolute atomic E-state index is 5.80. The van der Waals surface area contributed by atoms with Crippen molar-refractivity contribution in [3.63, 3.8) is 0 Å². The Labute approximate surface area is 104 Å². The first-order chi connectivity index (χ1) is 8.33. The molecule has 0 amide bonds. The van der Waals surface area contributed by atoms with Crippen LogP contribution in [-0.2, 0) is 0 Å². The molecule has 0 spiro atoms. The Hall–Kier alpha value is -1.09. The van der Waals surface area contributed by atoms with Gasteiger partial charge in [0.25, 0.3) is 0 Å². The minimum Gasteiger partial charge on any atom is -0.489 e. The number of aromatic nitrogens is 1. The van der Waals surface area contributed by atoms with Crippen LogP contribution in [0.1, 0.15) is 51.3 Å². The van der Waals surface area contributed by atoms with Crippen LogP contribution in [0, 0.1) is 0 Å². The Morgan fingerprint density at radius 1 is 1.41 bits per heavy atom. The SMILES string of the molecule is CCNC(CC)c1ccc(OC2CCC2)cn1. The molecule has 3 heteroatoms. The molecule has 17 heavy (non-hydrogen) atoms. The van der Waals surface area contributed by atoms with Gasteiger partial charge in [-0.2, -0.15) is 0 Å². The van der Waals surface area contributed by atoms with Crippen LogP contribution in [0.15, 0.2) is 18.3 Å². The molecule has 1 fully saturated rings. The van der Waals surface area contributed by atoms with Gasteiger partial charge < -0.3 is 10.1 Å². The topological polar surface area (TPSA) is 34.1 Å². The van der Waals surface area contributed by atoms with Gasteiger partial charge >= 0.3 is 0 Å². The summed E-state index contributed by atoms with van der Waals surface area (Å²) in [6.45, 7) is 5.27. The van der Waals surface area contributed by atoms with Gasteiger partial charge in [0.2, 0.25) is 0 Å². The summed E-state index contributed by atoms with van der Waals surface area (Å²) < 4.78 is 5.80. The molecule has 0 saturated heterocycles. The monoisotopic (exact) mass is 234 g/mol. The molecule has 1 aromatic rings. The minimum absolute atomic E-state index is 0.359. The molecule has 1 aromatic heterocycles. The van der Waals surface area contributed by atoms with Crippen LogP contribution in [0.4, 0.5) is 0 Å². The van der Waals surface area contributed by atoms with Gasteiger partial charge in [0.1, 0.15) is 5.75 Å². The normalized spacial score (nSPS) is 17.5. The molecular weight excluding hydrogens is 212 g/mol. The third-order valence-corrected chi connectivity index (χ3v) is 3.33. The highest BCUT2D eigenvalue weighted by atomic mass is 16.5. The molecule has 0 radical (unpaired) electrons. The Kier molecular flexibility index (Phi) is 4.37. The van der Waals surface area contributed by atoms with Crippen molar-refractivity contribution in [2.24, 2.45) is 0 Å². The van der Waals surface area contributed by atoms with Crippen LogP contribution in [0.2, 0.25) is 0 Å². The largest absolute Gasteiger partial charge is 0.489 e. The quantitative estimate of drug-likeness (QED) is 0.821. The van der Waals surface area contributed by atoms with Crippen molar-refractivity contribution in [1.82, 2.24) is 10.3 Å². The lowest BCUT2D eigenvalue weighted by Crippen LogP contribution is -2.25. The number of nitrogens with one attached hydrogen (secondary N) is 1. The first-order valence-corrected chi connectivity index (χ1v) is 6.69. The second kappa shape index (κ2) is 6.01. The maximum atomic E-state index is 5.80. The molecule has 0 aromatic carbocycles. The summed E-state index contributed by atoms with van der Waals surface area (Å²) in [4.78, 5) is 4.49. The van der Waals surface area contributed by atoms with E-state index in [1.807, 2.05) is 12.3 Å². The second-order valence-corrected chi connectivity index (χ2v) is 4.61. The van der Waals surface area contributed by atoms with Crippen LogP contribution in [0.5, 0.6) is 5.75 Å². The van der Waals surface area contributed by atoms with Crippen molar-refractivity contribution < 1.29 is 4.74 Å². The first-order valence-electron chi connectivity index (χ1n) is 6.69. The zero-order valence-electron chi connectivity index (χ0n) is 10.8. The molecule has 1 saturated carbocycles. The van der Waals surface area contributed by atoms with Gasteiger partial charge in [-0.3, -0.25) is 4.98 Å². The lowest BCUT2D eigenvalue weighted by molar-refractivity contribution is 0.120. The predicted octanol–water partition coefficient (Wildman–Crippen LogP) is 3.07. The number of ether oxygens (including phenoxy) is 1. The van der Waals surface area contributed by atoms with E-state index in [2.05, 4.69) is 30.2 Å². The van der Waals surface area contributed by atoms with E-state index in [9.17, 15) is 0 Å². The van der Waals surface area contributed by atoms with Crippen molar-refractivity contribution in [3.05, 3.63) is 24.0 Å². The Morgan fingerprint density at radius 2 is 2.24 bits per heavy atom. The molecule has 94 valence electrons. The van der Waals surface area contributed by atoms with E-state index >= 15 is 0 Å². The molecule has 2 rings (SSSR count). The Balaban J connectivity index is 1.95. The minimum atomic E-state index is 0.359. The van der Waals surface area contributed by atoms with Gasteiger partial charge in [0.15, 0.2) is 0 Å². The first kappa shape index (κ1) is 12.4. The van der Waals surface area contributed by atoms with E-state index < -0.39 is 0 Å². The van der Waals surface area contributed by atoms with E-state index in [4.69, 9.17) is 4.74 Å². The summed E-state index contributed by atoms with van der Waals surface area (Å²) in [7, 11) is 0. The summed E-state index contributed by atoms with van der Waals surface area (Å²) in [5.74, 6) is 0.907. The predicted molar refractivity (Wildman–Crippen MR) is 69.2 cm³/mol. The molecule has 0 aliphatic heterocycles. The lowest BCUT2D eigenvalue weighted by atomic mass is 9.96. The van der Waals surface area contributed by atoms with Crippen LogP contribution in [0.3, 0.4) is 0 Å². The smallest absolute Gasteiger partial charge is 0.138 e. The molecule has 0 bridgehead atoms. The van der Waals surface area contributed by atoms with Crippen molar-refractivity contribution in [2.45, 2.75) is 51.7 Å². The molecule has 1 unspecified atom stereocenters. The summed E-state index contributed by atoms with van der Waals surface area (Å²) in [6, 6.07) is 4.48. The van der Waals surface area contributed by atoms with Crippen LogP contribution < -0.4 is 10.1 Å². The van der Waals surface area contributed by atoms with Gasteiger partial charge in [-0.15, -0.1) is 0 Å². The zero-order chi connectivity index (χ0) is 12.1. The summed E-state index contributed by atoms with van der Waals surface area (Å²) in [5, 5.41) is 3.43. The molecule has 1 atom stereocenters. The van der Waals surface area contributed by atoms with Crippen molar-refractivity contribution in [1.29, 1.82) is 0 Å². The van der Waals surface area contributed by atoms with Crippen molar-refractivity contribution in [3.8, 4) is 5.75 Å². The third-order valence-electron chi connectivity index (χ3n) is 3.33. The van der Waals surface area contributed by atoms with E-state index in [1.165, 1.54) is 19.3 Å². The number of hydrogen-bond acceptors (Lipinski definition) is 3. The number of rotatable bonds is 6. The number of hydrogen-bond donors (Lipinski definition) is 1. The number of pyridine rings is 1. The fraction of sp³-hybridized carbons (Fsp3) is 0.643. The third kappa shape index (κ3) is 3.19. The molecule has 1 N–H and O–H groups in total. The fourth-order valence-corrected chi connectivity index (χ4v) is 2.05. The molecule has 1 aliphatic carbocycles. The van der Waals surface area contributed by atoms with Crippen LogP contribution in [-0.4, -0.2) is 17.6 Å². The standard InChI is InChI=1S/C14H22N2O/c1-3-13(15-4-2)14-9-8-12(10-16-14)17-11-6-5-7-11/h8-11,13,15H,3-7H2,1-2H3. The van der Waals surface area contributed by atoms with Gasteiger partial charge in [-0.05, 0) is 44.4 Å². The average Bonchev–Trinajstić information content (AvgIpc) is 2.32. The zero-order valence-corrected chi connectivity index (χ0v) is 10.8. The van der Waals surface area contributed by atoms with Gasteiger partial charge in [-0.1, -0.05) is 13.8 Å². The van der Waals surface area contributed by atoms with Crippen LogP contribution >= 0.6 is 0 Å². The summed E-state index contributed by atoms with van der Waals surface area (Å²) in [6.07, 6.45) is 7.03. The summed E-state index contributed by atoms with van der Waals surface area (Å²) in [5.41, 5.74) is 1.11. The molecular formula is C14H22N2O. The van der Waals surface area contributed by atoms with Gasteiger partial charge in [0.05, 0.1) is 18.0 Å². The van der Waals surface area contributed by atoms with Crippen LogP contribution in [0.25, 0.3) is 0 Å². The molecule has 1 heterocycles. The van der Waals surface area contributed by atoms with E-state index in [0.29, 0.717) is 12.1 Å². The highest BCUT2D eigenvalue weighted by Crippen LogP contribution is 2.25. The number of nitrogens with zero attached hydrogens (tertiary/aromatic N) is 1. The maximum Gasteiger partial charge on any atom is 0.138 e. The fourth-order valence-electron chi connectivity index (χ4n) is 2.05. The van der Waals surface area contributed by atoms with E-state index in [-0.39, 0.29) is 0 Å². The highest BCUT2D eigenvalue weighted by molar-refractivity contribution is 5.22. The van der Waals surface area contributed by atoms with Gasteiger partial charge in [0, 0.05) is 6.04 Å². The van der Waals surface area contributed by atoms with E-state index in [0.717, 1.165) is 24.4 Å².